The summed E-state index contributed by atoms with van der Waals surface area (Å²) in [4.78, 5) is 39.8. The fourth-order valence-electron chi connectivity index (χ4n) is 2.85. The minimum Gasteiger partial charge on any atom is -0.492 e. The minimum atomic E-state index is -4.23. The SMILES string of the molecule is CC(C)OC(=O)Oc1ccc(C(=O)NS(=O)(=O)c2ccc(C(=O)NCCOc3ccccc3)cc2)cn1. The second kappa shape index (κ2) is 12.5. The molecule has 12 heteroatoms. The summed E-state index contributed by atoms with van der Waals surface area (Å²) in [5.41, 5.74) is 0.155. The molecule has 0 radical (unpaired) electrons. The van der Waals surface area contributed by atoms with Crippen molar-refractivity contribution < 1.29 is 37.0 Å². The molecule has 37 heavy (non-hydrogen) atoms. The van der Waals surface area contributed by atoms with Crippen molar-refractivity contribution in [1.29, 1.82) is 0 Å². The van der Waals surface area contributed by atoms with Crippen LogP contribution in [0.3, 0.4) is 0 Å². The molecule has 0 fully saturated rings. The number of carbonyl (C=O) groups excluding carboxylic acids is 3. The van der Waals surface area contributed by atoms with Crippen molar-refractivity contribution in [2.45, 2.75) is 24.8 Å². The van der Waals surface area contributed by atoms with Crippen molar-refractivity contribution in [2.24, 2.45) is 0 Å². The van der Waals surface area contributed by atoms with E-state index in [0.29, 0.717) is 5.75 Å². The van der Waals surface area contributed by atoms with Gasteiger partial charge in [0.1, 0.15) is 12.4 Å². The number of sulfonamides is 1. The maximum absolute atomic E-state index is 12.6. The maximum Gasteiger partial charge on any atom is 0.515 e. The van der Waals surface area contributed by atoms with E-state index in [1.54, 1.807) is 26.0 Å². The van der Waals surface area contributed by atoms with Crippen LogP contribution in [0, 0.1) is 0 Å². The number of hydrogen-bond acceptors (Lipinski definition) is 9. The van der Waals surface area contributed by atoms with Crippen LogP contribution in [0.25, 0.3) is 0 Å². The topological polar surface area (TPSA) is 150 Å². The fraction of sp³-hybridized carbons (Fsp3) is 0.200. The third-order valence-corrected chi connectivity index (χ3v) is 5.92. The normalized spacial score (nSPS) is 10.9. The van der Waals surface area contributed by atoms with Crippen molar-refractivity contribution in [2.75, 3.05) is 13.2 Å². The molecule has 2 amide bonds. The molecular weight excluding hydrogens is 502 g/mol. The molecule has 1 aromatic heterocycles. The van der Waals surface area contributed by atoms with Crippen LogP contribution in [0.15, 0.2) is 77.8 Å². The highest BCUT2D eigenvalue weighted by Gasteiger charge is 2.20. The molecule has 0 atom stereocenters. The molecular formula is C25H25N3O8S. The van der Waals surface area contributed by atoms with Crippen molar-refractivity contribution in [1.82, 2.24) is 15.0 Å². The number of rotatable bonds is 10. The van der Waals surface area contributed by atoms with E-state index in [9.17, 15) is 22.8 Å². The summed E-state index contributed by atoms with van der Waals surface area (Å²) in [7, 11) is -4.23. The standard InChI is InChI=1S/C25H25N3O8S/c1-17(2)35-25(31)36-22-13-10-19(16-27-22)24(30)28-37(32,33)21-11-8-18(9-12-21)23(29)26-14-15-34-20-6-4-3-5-7-20/h3-13,16-17H,14-15H2,1-2H3,(H,26,29)(H,28,30). The van der Waals surface area contributed by atoms with E-state index in [1.807, 2.05) is 22.9 Å². The molecule has 0 saturated carbocycles. The highest BCUT2D eigenvalue weighted by atomic mass is 32.2. The van der Waals surface area contributed by atoms with Crippen LogP contribution in [0.1, 0.15) is 34.6 Å². The first-order valence-corrected chi connectivity index (χ1v) is 12.6. The third kappa shape index (κ3) is 8.32. The molecule has 0 unspecified atom stereocenters. The summed E-state index contributed by atoms with van der Waals surface area (Å²) in [6.45, 7) is 3.81. The van der Waals surface area contributed by atoms with Gasteiger partial charge in [0.2, 0.25) is 5.88 Å². The Morgan fingerprint density at radius 1 is 0.892 bits per heavy atom. The molecule has 0 aliphatic heterocycles. The molecule has 3 rings (SSSR count). The molecule has 0 bridgehead atoms. The summed E-state index contributed by atoms with van der Waals surface area (Å²) >= 11 is 0. The quantitative estimate of drug-likeness (QED) is 0.300. The molecule has 0 saturated heterocycles. The average Bonchev–Trinajstić information content (AvgIpc) is 2.87. The van der Waals surface area contributed by atoms with Gasteiger partial charge in [0.25, 0.3) is 21.8 Å². The Bertz CT molecular complexity index is 1330. The molecule has 1 heterocycles. The van der Waals surface area contributed by atoms with Crippen molar-refractivity contribution >= 4 is 28.0 Å². The molecule has 0 aliphatic rings. The Kier molecular flexibility index (Phi) is 9.16. The van der Waals surface area contributed by atoms with Crippen LogP contribution >= 0.6 is 0 Å². The zero-order valence-corrected chi connectivity index (χ0v) is 20.9. The van der Waals surface area contributed by atoms with Gasteiger partial charge >= 0.3 is 6.16 Å². The number of carbonyl (C=O) groups is 3. The number of para-hydroxylation sites is 1. The molecule has 0 aliphatic carbocycles. The smallest absolute Gasteiger partial charge is 0.492 e. The number of nitrogens with one attached hydrogen (secondary N) is 2. The fourth-order valence-corrected chi connectivity index (χ4v) is 3.83. The molecule has 2 N–H and O–H groups in total. The first-order chi connectivity index (χ1) is 17.6. The predicted molar refractivity (Wildman–Crippen MR) is 132 cm³/mol. The van der Waals surface area contributed by atoms with E-state index in [-0.39, 0.29) is 41.2 Å². The Morgan fingerprint density at radius 3 is 2.19 bits per heavy atom. The lowest BCUT2D eigenvalue weighted by Crippen LogP contribution is -2.31. The molecule has 2 aromatic carbocycles. The van der Waals surface area contributed by atoms with Crippen LogP contribution in [0.2, 0.25) is 0 Å². The van der Waals surface area contributed by atoms with Crippen LogP contribution in [0.5, 0.6) is 11.6 Å². The third-order valence-electron chi connectivity index (χ3n) is 4.57. The number of nitrogens with zero attached hydrogens (tertiary/aromatic N) is 1. The molecule has 11 nitrogen and oxygen atoms in total. The summed E-state index contributed by atoms with van der Waals surface area (Å²) in [6, 6.07) is 16.7. The van der Waals surface area contributed by atoms with Crippen molar-refractivity contribution in [3.8, 4) is 11.6 Å². The van der Waals surface area contributed by atoms with E-state index >= 15 is 0 Å². The van der Waals surface area contributed by atoms with Gasteiger partial charge in [-0.15, -0.1) is 0 Å². The van der Waals surface area contributed by atoms with Crippen molar-refractivity contribution in [3.63, 3.8) is 0 Å². The second-order valence-electron chi connectivity index (χ2n) is 7.78. The number of pyridine rings is 1. The number of amides is 2. The number of aromatic nitrogens is 1. The number of hydrogen-bond donors (Lipinski definition) is 2. The van der Waals surface area contributed by atoms with E-state index in [0.717, 1.165) is 6.20 Å². The zero-order valence-electron chi connectivity index (χ0n) is 20.0. The van der Waals surface area contributed by atoms with Gasteiger partial charge in [0, 0.05) is 17.8 Å². The summed E-state index contributed by atoms with van der Waals surface area (Å²) < 4.78 is 42.3. The predicted octanol–water partition coefficient (Wildman–Crippen LogP) is 2.93. The lowest BCUT2D eigenvalue weighted by atomic mass is 10.2. The Labute approximate surface area is 213 Å². The van der Waals surface area contributed by atoms with Gasteiger partial charge in [-0.2, -0.15) is 0 Å². The summed E-state index contributed by atoms with van der Waals surface area (Å²) in [5, 5.41) is 2.68. The highest BCUT2D eigenvalue weighted by Crippen LogP contribution is 2.13. The monoisotopic (exact) mass is 527 g/mol. The molecule has 194 valence electrons. The molecule has 3 aromatic rings. The first-order valence-electron chi connectivity index (χ1n) is 11.1. The largest absolute Gasteiger partial charge is 0.515 e. The number of benzene rings is 2. The highest BCUT2D eigenvalue weighted by molar-refractivity contribution is 7.90. The van der Waals surface area contributed by atoms with Gasteiger partial charge < -0.3 is 19.5 Å². The second-order valence-corrected chi connectivity index (χ2v) is 9.46. The Hall–Kier alpha value is -4.45. The summed E-state index contributed by atoms with van der Waals surface area (Å²) in [5.74, 6) is -0.787. The van der Waals surface area contributed by atoms with Crippen LogP contribution in [-0.2, 0) is 14.8 Å². The van der Waals surface area contributed by atoms with E-state index in [4.69, 9.17) is 14.2 Å². The minimum absolute atomic E-state index is 0.0816. The van der Waals surface area contributed by atoms with E-state index < -0.39 is 28.0 Å². The first kappa shape index (κ1) is 27.1. The summed E-state index contributed by atoms with van der Waals surface area (Å²) in [6.07, 6.45) is -0.289. The van der Waals surface area contributed by atoms with Gasteiger partial charge in [-0.3, -0.25) is 9.59 Å². The van der Waals surface area contributed by atoms with Gasteiger partial charge in [-0.1, -0.05) is 18.2 Å². The van der Waals surface area contributed by atoms with Gasteiger partial charge in [-0.25, -0.2) is 22.9 Å². The lowest BCUT2D eigenvalue weighted by molar-refractivity contribution is 0.0715. The zero-order chi connectivity index (χ0) is 26.8. The average molecular weight is 528 g/mol. The van der Waals surface area contributed by atoms with Crippen LogP contribution < -0.4 is 19.5 Å². The number of ether oxygens (including phenoxy) is 3. The van der Waals surface area contributed by atoms with Crippen molar-refractivity contribution in [3.05, 3.63) is 84.1 Å². The van der Waals surface area contributed by atoms with E-state index in [2.05, 4.69) is 10.3 Å². The Balaban J connectivity index is 1.52. The Morgan fingerprint density at radius 2 is 1.57 bits per heavy atom. The van der Waals surface area contributed by atoms with Gasteiger partial charge in [0.05, 0.1) is 23.1 Å². The van der Waals surface area contributed by atoms with Crippen LogP contribution in [-0.4, -0.2) is 50.6 Å². The maximum atomic E-state index is 12.6. The van der Waals surface area contributed by atoms with Gasteiger partial charge in [-0.05, 0) is 56.3 Å². The molecule has 0 spiro atoms. The van der Waals surface area contributed by atoms with Gasteiger partial charge in [0.15, 0.2) is 0 Å². The van der Waals surface area contributed by atoms with Crippen LogP contribution in [0.4, 0.5) is 4.79 Å². The lowest BCUT2D eigenvalue weighted by Gasteiger charge is -2.10. The van der Waals surface area contributed by atoms with E-state index in [1.165, 1.54) is 36.4 Å².